The molecule has 0 bridgehead atoms. The maximum absolute atomic E-state index is 2.46. The summed E-state index contributed by atoms with van der Waals surface area (Å²) < 4.78 is 0. The Bertz CT molecular complexity index is 1670. The molecule has 0 heterocycles. The molecule has 0 heteroatoms. The van der Waals surface area contributed by atoms with E-state index in [2.05, 4.69) is 168 Å². The van der Waals surface area contributed by atoms with Gasteiger partial charge in [-0.05, 0) is 102 Å². The second-order valence-corrected chi connectivity index (χ2v) is 15.5. The van der Waals surface area contributed by atoms with E-state index >= 15 is 0 Å². The maximum atomic E-state index is 2.46. The monoisotopic (exact) mass is 582 g/mol. The molecule has 0 atom stereocenters. The second-order valence-electron chi connectivity index (χ2n) is 15.5. The van der Waals surface area contributed by atoms with Crippen molar-refractivity contribution in [1.29, 1.82) is 0 Å². The topological polar surface area (TPSA) is 0 Å². The molecule has 0 amide bonds. The lowest BCUT2D eigenvalue weighted by molar-refractivity contribution is 0.518. The summed E-state index contributed by atoms with van der Waals surface area (Å²) in [5.41, 5.74) is 11.8. The zero-order valence-corrected chi connectivity index (χ0v) is 29.4. The third-order valence-corrected chi connectivity index (χ3v) is 10.3. The first kappa shape index (κ1) is 32.0. The van der Waals surface area contributed by atoms with Crippen LogP contribution >= 0.6 is 0 Å². The first-order chi connectivity index (χ1) is 20.6. The highest BCUT2D eigenvalue weighted by molar-refractivity contribution is 5.98. The minimum absolute atomic E-state index is 0.0561. The molecular formula is C44H54. The summed E-state index contributed by atoms with van der Waals surface area (Å²) in [7, 11) is 0. The molecule has 0 radical (unpaired) electrons. The molecule has 6 rings (SSSR count). The third-order valence-electron chi connectivity index (χ3n) is 10.3. The van der Waals surface area contributed by atoms with Crippen molar-refractivity contribution in [3.8, 4) is 0 Å². The summed E-state index contributed by atoms with van der Waals surface area (Å²) in [6.45, 7) is 27.7. The molecule has 1 aliphatic rings. The van der Waals surface area contributed by atoms with Crippen LogP contribution in [-0.4, -0.2) is 0 Å². The van der Waals surface area contributed by atoms with Crippen molar-refractivity contribution in [1.82, 2.24) is 0 Å². The number of rotatable bonds is 4. The van der Waals surface area contributed by atoms with Gasteiger partial charge in [0.15, 0.2) is 0 Å². The zero-order valence-electron chi connectivity index (χ0n) is 29.4. The molecule has 0 N–H and O–H groups in total. The summed E-state index contributed by atoms with van der Waals surface area (Å²) in [6.07, 6.45) is 0. The summed E-state index contributed by atoms with van der Waals surface area (Å²) in [5, 5.41) is 5.37. The summed E-state index contributed by atoms with van der Waals surface area (Å²) in [4.78, 5) is 0. The van der Waals surface area contributed by atoms with Crippen molar-refractivity contribution in [2.45, 2.75) is 118 Å². The quantitative estimate of drug-likeness (QED) is 0.185. The van der Waals surface area contributed by atoms with Gasteiger partial charge in [0.2, 0.25) is 0 Å². The number of hydrogen-bond acceptors (Lipinski definition) is 0. The molecule has 1 aliphatic carbocycles. The van der Waals surface area contributed by atoms with Gasteiger partial charge in [-0.15, -0.1) is 0 Å². The van der Waals surface area contributed by atoms with Crippen molar-refractivity contribution in [2.24, 2.45) is 0 Å². The van der Waals surface area contributed by atoms with Gasteiger partial charge in [-0.2, -0.15) is 0 Å². The van der Waals surface area contributed by atoms with Gasteiger partial charge in [0.05, 0.1) is 0 Å². The van der Waals surface area contributed by atoms with Gasteiger partial charge in [-0.3, -0.25) is 0 Å². The second kappa shape index (κ2) is 11.8. The molecule has 0 unspecified atom stereocenters. The van der Waals surface area contributed by atoms with E-state index in [0.717, 1.165) is 0 Å². The fraction of sp³-hybridized carbons (Fsp3) is 0.409. The fourth-order valence-electron chi connectivity index (χ4n) is 7.01. The van der Waals surface area contributed by atoms with Crippen molar-refractivity contribution in [2.75, 3.05) is 0 Å². The smallest absolute Gasteiger partial charge is 0.0152 e. The summed E-state index contributed by atoms with van der Waals surface area (Å²) in [5.74, 6) is 2.30. The molecule has 44 heavy (non-hydrogen) atoms. The Morgan fingerprint density at radius 3 is 0.932 bits per heavy atom. The highest BCUT2D eigenvalue weighted by Crippen LogP contribution is 2.50. The predicted molar refractivity (Wildman–Crippen MR) is 195 cm³/mol. The Hall–Kier alpha value is -3.38. The Balaban J connectivity index is 0.000000177. The van der Waals surface area contributed by atoms with Crippen molar-refractivity contribution >= 4 is 21.5 Å². The molecule has 5 aromatic carbocycles. The lowest BCUT2D eigenvalue weighted by atomic mass is 9.59. The Kier molecular flexibility index (Phi) is 8.62. The lowest BCUT2D eigenvalue weighted by Gasteiger charge is -2.44. The molecular weight excluding hydrogens is 528 g/mol. The van der Waals surface area contributed by atoms with Gasteiger partial charge in [0.1, 0.15) is 0 Å². The Labute approximate surface area is 267 Å². The largest absolute Gasteiger partial charge is 0.0587 e. The van der Waals surface area contributed by atoms with E-state index in [0.29, 0.717) is 23.7 Å². The van der Waals surface area contributed by atoms with Crippen LogP contribution in [-0.2, 0) is 10.8 Å². The van der Waals surface area contributed by atoms with Crippen LogP contribution in [0.3, 0.4) is 0 Å². The van der Waals surface area contributed by atoms with Gasteiger partial charge in [0.25, 0.3) is 0 Å². The van der Waals surface area contributed by atoms with E-state index in [1.54, 1.807) is 0 Å². The van der Waals surface area contributed by atoms with Crippen molar-refractivity contribution in [3.63, 3.8) is 0 Å². The third kappa shape index (κ3) is 5.85. The van der Waals surface area contributed by atoms with Gasteiger partial charge in [-0.1, -0.05) is 156 Å². The SMILES string of the molecule is CC(C)c1ccc2c(c1)C(C)(C)c1ccc(C(C)C)cc1C2(C)C.CC(C)c1ccc2cc3cc(C(C)C)ccc3cc2c1. The molecule has 230 valence electrons. The fourth-order valence-corrected chi connectivity index (χ4v) is 7.01. The zero-order chi connectivity index (χ0) is 32.1. The van der Waals surface area contributed by atoms with Crippen LogP contribution in [0.25, 0.3) is 21.5 Å². The van der Waals surface area contributed by atoms with Crippen molar-refractivity contribution < 1.29 is 0 Å². The van der Waals surface area contributed by atoms with E-state index in [-0.39, 0.29) is 10.8 Å². The summed E-state index contributed by atoms with van der Waals surface area (Å²) >= 11 is 0. The van der Waals surface area contributed by atoms with Crippen LogP contribution in [0.5, 0.6) is 0 Å². The minimum atomic E-state index is 0.0561. The predicted octanol–water partition coefficient (Wildman–Crippen LogP) is 13.1. The van der Waals surface area contributed by atoms with E-state index in [1.165, 1.54) is 66.1 Å². The van der Waals surface area contributed by atoms with Gasteiger partial charge in [-0.25, -0.2) is 0 Å². The number of hydrogen-bond donors (Lipinski definition) is 0. The van der Waals surface area contributed by atoms with E-state index in [4.69, 9.17) is 0 Å². The van der Waals surface area contributed by atoms with E-state index in [1.807, 2.05) is 0 Å². The normalized spacial score (nSPS) is 15.1. The molecule has 0 saturated heterocycles. The molecule has 5 aromatic rings. The molecule has 0 fully saturated rings. The average Bonchev–Trinajstić information content (AvgIpc) is 2.98. The molecule has 0 nitrogen and oxygen atoms in total. The van der Waals surface area contributed by atoms with E-state index in [9.17, 15) is 0 Å². The minimum Gasteiger partial charge on any atom is -0.0587 e. The lowest BCUT2D eigenvalue weighted by Crippen LogP contribution is -2.36. The van der Waals surface area contributed by atoms with Gasteiger partial charge >= 0.3 is 0 Å². The van der Waals surface area contributed by atoms with Crippen LogP contribution in [0, 0.1) is 0 Å². The van der Waals surface area contributed by atoms with Crippen LogP contribution in [0.1, 0.15) is 151 Å². The number of fused-ring (bicyclic) bond motifs is 4. The maximum Gasteiger partial charge on any atom is 0.0152 e. The van der Waals surface area contributed by atoms with Crippen LogP contribution in [0.4, 0.5) is 0 Å². The van der Waals surface area contributed by atoms with Gasteiger partial charge < -0.3 is 0 Å². The van der Waals surface area contributed by atoms with Crippen LogP contribution in [0.15, 0.2) is 84.9 Å². The van der Waals surface area contributed by atoms with Gasteiger partial charge in [0, 0.05) is 10.8 Å². The highest BCUT2D eigenvalue weighted by atomic mass is 14.4. The standard InChI is InChI=1S/C24H32.C20H22/c1-15(2)17-9-11-19-21(13-17)23(5,6)20-12-10-18(16(3)4)14-22(20)24(19,7)8;1-13(2)15-5-7-17-12-20-10-16(14(3)4)6-8-18(20)11-19(17)9-15/h9-16H,1-8H3;5-14H,1-4H3. The van der Waals surface area contributed by atoms with Crippen LogP contribution < -0.4 is 0 Å². The van der Waals surface area contributed by atoms with Crippen molar-refractivity contribution in [3.05, 3.63) is 129 Å². The van der Waals surface area contributed by atoms with Crippen LogP contribution in [0.2, 0.25) is 0 Å². The van der Waals surface area contributed by atoms with E-state index < -0.39 is 0 Å². The molecule has 0 aromatic heterocycles. The Morgan fingerprint density at radius 1 is 0.318 bits per heavy atom. The highest BCUT2D eigenvalue weighted by Gasteiger charge is 2.41. The molecule has 0 aliphatic heterocycles. The first-order valence-corrected chi connectivity index (χ1v) is 16.9. The first-order valence-electron chi connectivity index (χ1n) is 16.9. The average molecular weight is 583 g/mol. The molecule has 0 spiro atoms. The summed E-state index contributed by atoms with van der Waals surface area (Å²) in [6, 6.07) is 32.7. The number of benzene rings is 5. The Morgan fingerprint density at radius 2 is 0.614 bits per heavy atom. The molecule has 0 saturated carbocycles.